The molecule has 1 aromatic carbocycles. The first kappa shape index (κ1) is 15.2. The van der Waals surface area contributed by atoms with Crippen LogP contribution in [-0.4, -0.2) is 32.6 Å². The minimum Gasteiger partial charge on any atom is -0.386 e. The molecule has 0 aliphatic carbocycles. The predicted octanol–water partition coefficient (Wildman–Crippen LogP) is 1.38. The van der Waals surface area contributed by atoms with Gasteiger partial charge in [-0.15, -0.1) is 0 Å². The summed E-state index contributed by atoms with van der Waals surface area (Å²) in [4.78, 5) is -0.452. The van der Waals surface area contributed by atoms with Crippen LogP contribution in [0.15, 0.2) is 23.1 Å². The van der Waals surface area contributed by atoms with Crippen molar-refractivity contribution >= 4 is 21.6 Å². The maximum absolute atomic E-state index is 12.7. The second-order valence-electron chi connectivity index (χ2n) is 3.33. The first-order chi connectivity index (χ1) is 8.24. The molecule has 4 nitrogen and oxygen atoms in total. The van der Waals surface area contributed by atoms with Gasteiger partial charge in [0.15, 0.2) is 0 Å². The molecule has 0 aliphatic rings. The van der Waals surface area contributed by atoms with Gasteiger partial charge in [0.25, 0.3) is 6.43 Å². The molecule has 0 aromatic heterocycles. The van der Waals surface area contributed by atoms with E-state index in [0.29, 0.717) is 0 Å². The van der Waals surface area contributed by atoms with Crippen LogP contribution in [0.5, 0.6) is 0 Å². The van der Waals surface area contributed by atoms with Crippen LogP contribution in [0.1, 0.15) is 0 Å². The number of hydrogen-bond donors (Lipinski definition) is 2. The van der Waals surface area contributed by atoms with Gasteiger partial charge in [-0.1, -0.05) is 11.6 Å². The van der Waals surface area contributed by atoms with E-state index >= 15 is 0 Å². The van der Waals surface area contributed by atoms with Gasteiger partial charge in [0.1, 0.15) is 16.8 Å². The Balaban J connectivity index is 2.87. The molecule has 18 heavy (non-hydrogen) atoms. The molecule has 0 aliphatic heterocycles. The topological polar surface area (TPSA) is 66.4 Å². The van der Waals surface area contributed by atoms with Gasteiger partial charge >= 0.3 is 0 Å². The van der Waals surface area contributed by atoms with E-state index in [1.54, 1.807) is 4.72 Å². The standard InChI is InChI=1S/C9H9ClF3NO3S/c10-6-3-5(11)1-2-8(6)18(16,17)14-4-7(15)9(12)13/h1-3,7,9,14-15H,4H2. The van der Waals surface area contributed by atoms with Crippen LogP contribution in [0, 0.1) is 5.82 Å². The van der Waals surface area contributed by atoms with Crippen LogP contribution >= 0.6 is 11.6 Å². The molecule has 1 atom stereocenters. The fourth-order valence-electron chi connectivity index (χ4n) is 1.06. The van der Waals surface area contributed by atoms with E-state index in [4.69, 9.17) is 16.7 Å². The number of benzene rings is 1. The van der Waals surface area contributed by atoms with Crippen molar-refractivity contribution in [2.24, 2.45) is 0 Å². The fourth-order valence-corrected chi connectivity index (χ4v) is 2.64. The molecule has 1 aromatic rings. The minimum atomic E-state index is -4.18. The minimum absolute atomic E-state index is 0.381. The molecular formula is C9H9ClF3NO3S. The second kappa shape index (κ2) is 5.87. The SMILES string of the molecule is O=S(=O)(NCC(O)C(F)F)c1ccc(F)cc1Cl. The molecule has 1 rings (SSSR count). The summed E-state index contributed by atoms with van der Waals surface area (Å²) < 4.78 is 61.7. The zero-order valence-corrected chi connectivity index (χ0v) is 10.4. The summed E-state index contributed by atoms with van der Waals surface area (Å²) in [5, 5.41) is 8.40. The number of alkyl halides is 2. The highest BCUT2D eigenvalue weighted by Gasteiger charge is 2.23. The molecule has 2 N–H and O–H groups in total. The van der Waals surface area contributed by atoms with Crippen LogP contribution in [0.25, 0.3) is 0 Å². The van der Waals surface area contributed by atoms with Gasteiger partial charge in [-0.3, -0.25) is 0 Å². The van der Waals surface area contributed by atoms with Gasteiger partial charge in [0.05, 0.1) is 5.02 Å². The normalized spacial score (nSPS) is 13.9. The third kappa shape index (κ3) is 3.84. The number of aliphatic hydroxyl groups is 1. The third-order valence-corrected chi connectivity index (χ3v) is 3.86. The van der Waals surface area contributed by atoms with Crippen molar-refractivity contribution in [1.29, 1.82) is 0 Å². The lowest BCUT2D eigenvalue weighted by Gasteiger charge is -2.12. The van der Waals surface area contributed by atoms with Crippen LogP contribution < -0.4 is 4.72 Å². The van der Waals surface area contributed by atoms with E-state index in [9.17, 15) is 21.6 Å². The van der Waals surface area contributed by atoms with Crippen molar-refractivity contribution in [2.75, 3.05) is 6.54 Å². The number of rotatable bonds is 5. The van der Waals surface area contributed by atoms with E-state index in [1.165, 1.54) is 0 Å². The lowest BCUT2D eigenvalue weighted by atomic mass is 10.3. The van der Waals surface area contributed by atoms with Gasteiger partial charge in [-0.25, -0.2) is 26.3 Å². The van der Waals surface area contributed by atoms with E-state index in [2.05, 4.69) is 0 Å². The van der Waals surface area contributed by atoms with Gasteiger partial charge < -0.3 is 5.11 Å². The smallest absolute Gasteiger partial charge is 0.265 e. The average molecular weight is 304 g/mol. The van der Waals surface area contributed by atoms with Crippen LogP contribution in [0.3, 0.4) is 0 Å². The Morgan fingerprint density at radius 2 is 2.00 bits per heavy atom. The maximum Gasteiger partial charge on any atom is 0.265 e. The second-order valence-corrected chi connectivity index (χ2v) is 5.47. The van der Waals surface area contributed by atoms with Crippen LogP contribution in [-0.2, 0) is 10.0 Å². The number of sulfonamides is 1. The Morgan fingerprint density at radius 1 is 1.39 bits per heavy atom. The molecule has 1 unspecified atom stereocenters. The molecule has 0 saturated heterocycles. The van der Waals surface area contributed by atoms with Crippen molar-refractivity contribution in [3.8, 4) is 0 Å². The molecule has 0 spiro atoms. The molecular weight excluding hydrogens is 295 g/mol. The highest BCUT2D eigenvalue weighted by Crippen LogP contribution is 2.21. The molecule has 0 bridgehead atoms. The number of nitrogens with one attached hydrogen (secondary N) is 1. The summed E-state index contributed by atoms with van der Waals surface area (Å²) in [7, 11) is -4.18. The lowest BCUT2D eigenvalue weighted by Crippen LogP contribution is -2.35. The summed E-state index contributed by atoms with van der Waals surface area (Å²) in [5.74, 6) is -0.730. The van der Waals surface area contributed by atoms with Gasteiger partial charge in [-0.2, -0.15) is 0 Å². The van der Waals surface area contributed by atoms with Crippen molar-refractivity contribution in [3.05, 3.63) is 29.0 Å². The van der Waals surface area contributed by atoms with Crippen LogP contribution in [0.4, 0.5) is 13.2 Å². The van der Waals surface area contributed by atoms with Gasteiger partial charge in [0.2, 0.25) is 10.0 Å². The Bertz CT molecular complexity index is 524. The Labute approximate surface area is 106 Å². The third-order valence-electron chi connectivity index (χ3n) is 1.96. The first-order valence-electron chi connectivity index (χ1n) is 4.65. The molecule has 0 radical (unpaired) electrons. The van der Waals surface area contributed by atoms with Crippen molar-refractivity contribution in [3.63, 3.8) is 0 Å². The quantitative estimate of drug-likeness (QED) is 0.864. The predicted molar refractivity (Wildman–Crippen MR) is 58.6 cm³/mol. The Hall–Kier alpha value is -0.830. The molecule has 102 valence electrons. The highest BCUT2D eigenvalue weighted by molar-refractivity contribution is 7.89. The zero-order chi connectivity index (χ0) is 13.9. The number of halogens is 4. The number of hydrogen-bond acceptors (Lipinski definition) is 3. The molecule has 0 saturated carbocycles. The summed E-state index contributed by atoms with van der Waals surface area (Å²) in [6.07, 6.45) is -5.20. The van der Waals surface area contributed by atoms with Crippen molar-refractivity contribution in [2.45, 2.75) is 17.4 Å². The largest absolute Gasteiger partial charge is 0.386 e. The maximum atomic E-state index is 12.7. The first-order valence-corrected chi connectivity index (χ1v) is 6.51. The summed E-state index contributed by atoms with van der Waals surface area (Å²) in [6.45, 7) is -0.867. The summed E-state index contributed by atoms with van der Waals surface area (Å²) in [5.41, 5.74) is 0. The monoisotopic (exact) mass is 303 g/mol. The molecule has 0 fully saturated rings. The summed E-state index contributed by atoms with van der Waals surface area (Å²) in [6, 6.07) is 2.54. The molecule has 0 amide bonds. The van der Waals surface area contributed by atoms with Crippen molar-refractivity contribution in [1.82, 2.24) is 4.72 Å². The molecule has 0 heterocycles. The highest BCUT2D eigenvalue weighted by atomic mass is 35.5. The van der Waals surface area contributed by atoms with E-state index in [1.807, 2.05) is 0 Å². The van der Waals surface area contributed by atoms with Gasteiger partial charge in [-0.05, 0) is 18.2 Å². The van der Waals surface area contributed by atoms with E-state index < -0.39 is 39.8 Å². The Morgan fingerprint density at radius 3 is 2.50 bits per heavy atom. The fraction of sp³-hybridized carbons (Fsp3) is 0.333. The molecule has 9 heteroatoms. The summed E-state index contributed by atoms with van der Waals surface area (Å²) >= 11 is 5.52. The van der Waals surface area contributed by atoms with E-state index in [0.717, 1.165) is 18.2 Å². The van der Waals surface area contributed by atoms with Gasteiger partial charge in [0, 0.05) is 6.54 Å². The van der Waals surface area contributed by atoms with Crippen molar-refractivity contribution < 1.29 is 26.7 Å². The average Bonchev–Trinajstić information content (AvgIpc) is 2.25. The van der Waals surface area contributed by atoms with E-state index in [-0.39, 0.29) is 5.02 Å². The lowest BCUT2D eigenvalue weighted by molar-refractivity contribution is -0.000451. The van der Waals surface area contributed by atoms with Crippen LogP contribution in [0.2, 0.25) is 5.02 Å². The number of aliphatic hydroxyl groups excluding tert-OH is 1. The zero-order valence-electron chi connectivity index (χ0n) is 8.78. The Kier molecular flexibility index (Phi) is 4.97.